The Morgan fingerprint density at radius 2 is 1.56 bits per heavy atom. The molecular formula is C31H26N2O8. The summed E-state index contributed by atoms with van der Waals surface area (Å²) in [7, 11) is 1.53. The monoisotopic (exact) mass is 554 g/mol. The lowest BCUT2D eigenvalue weighted by atomic mass is 9.99. The topological polar surface area (TPSA) is 145 Å². The van der Waals surface area contributed by atoms with Gasteiger partial charge in [0.2, 0.25) is 0 Å². The molecule has 0 aliphatic rings. The number of esters is 1. The lowest BCUT2D eigenvalue weighted by Gasteiger charge is -2.19. The van der Waals surface area contributed by atoms with Gasteiger partial charge in [0.15, 0.2) is 0 Å². The molecule has 1 aromatic heterocycles. The van der Waals surface area contributed by atoms with Gasteiger partial charge in [-0.1, -0.05) is 54.6 Å². The highest BCUT2D eigenvalue weighted by Crippen LogP contribution is 2.32. The first-order valence-corrected chi connectivity index (χ1v) is 12.5. The van der Waals surface area contributed by atoms with Gasteiger partial charge in [0.25, 0.3) is 5.78 Å². The fourth-order valence-electron chi connectivity index (χ4n) is 4.18. The Bertz CT molecular complexity index is 1670. The molecule has 0 aliphatic heterocycles. The van der Waals surface area contributed by atoms with Crippen LogP contribution in [0.25, 0.3) is 28.3 Å². The van der Waals surface area contributed by atoms with Crippen LogP contribution in [0, 0.1) is 0 Å². The van der Waals surface area contributed by atoms with E-state index in [1.165, 1.54) is 23.8 Å². The summed E-state index contributed by atoms with van der Waals surface area (Å²) in [5.74, 6) is -3.52. The second-order valence-corrected chi connectivity index (χ2v) is 8.76. The van der Waals surface area contributed by atoms with Crippen molar-refractivity contribution >= 4 is 23.5 Å². The summed E-state index contributed by atoms with van der Waals surface area (Å²) in [5, 5.41) is 18.9. The average Bonchev–Trinajstić information content (AvgIpc) is 2.98. The number of rotatable bonds is 10. The Labute approximate surface area is 234 Å². The number of nitrogens with zero attached hydrogens (tertiary/aromatic N) is 2. The number of methoxy groups -OCH3 is 1. The maximum atomic E-state index is 13.6. The highest BCUT2D eigenvalue weighted by molar-refractivity contribution is 6.38. The van der Waals surface area contributed by atoms with Crippen LogP contribution in [0.5, 0.6) is 5.75 Å². The second-order valence-electron chi connectivity index (χ2n) is 8.76. The molecular weight excluding hydrogens is 528 g/mol. The van der Waals surface area contributed by atoms with Crippen LogP contribution in [-0.4, -0.2) is 51.2 Å². The molecule has 0 saturated heterocycles. The van der Waals surface area contributed by atoms with Gasteiger partial charge in [-0.05, 0) is 42.3 Å². The van der Waals surface area contributed by atoms with Crippen LogP contribution in [0.15, 0.2) is 89.7 Å². The van der Waals surface area contributed by atoms with Crippen molar-refractivity contribution in [1.29, 1.82) is 0 Å². The van der Waals surface area contributed by atoms with Crippen LogP contribution in [0.3, 0.4) is 0 Å². The SMILES string of the molecule is CCOC(=O)c1c(-c2ccc(OC)cc2)nc(=O)n(Cc2ccc(C(O)=CC(=O)C(=O)O)cc2)c1-c1ccccc1. The largest absolute Gasteiger partial charge is 0.507 e. The fourth-order valence-corrected chi connectivity index (χ4v) is 4.18. The van der Waals surface area contributed by atoms with Gasteiger partial charge in [-0.15, -0.1) is 0 Å². The number of hydrogen-bond donors (Lipinski definition) is 2. The quantitative estimate of drug-likeness (QED) is 0.126. The number of carbonyl (C=O) groups excluding carboxylic acids is 2. The molecule has 10 nitrogen and oxygen atoms in total. The molecule has 4 rings (SSSR count). The van der Waals surface area contributed by atoms with E-state index in [1.807, 2.05) is 6.07 Å². The van der Waals surface area contributed by atoms with Crippen molar-refractivity contribution in [3.8, 4) is 28.3 Å². The van der Waals surface area contributed by atoms with E-state index in [-0.39, 0.29) is 30.0 Å². The number of aromatic nitrogens is 2. The van der Waals surface area contributed by atoms with Gasteiger partial charge < -0.3 is 19.7 Å². The molecule has 0 amide bonds. The molecule has 0 spiro atoms. The van der Waals surface area contributed by atoms with Crippen molar-refractivity contribution in [3.05, 3.63) is 112 Å². The average molecular weight is 555 g/mol. The van der Waals surface area contributed by atoms with Crippen molar-refractivity contribution < 1.29 is 34.1 Å². The summed E-state index contributed by atoms with van der Waals surface area (Å²) in [6.45, 7) is 1.80. The standard InChI is InChI=1S/C31H26N2O8/c1-3-41-30(38)26-27(21-13-15-23(40-2)16-14-21)32-31(39)33(28(26)22-7-5-4-6-8-22)18-19-9-11-20(12-10-19)24(34)17-25(35)29(36)37/h4-17,34H,3,18H2,1-2H3,(H,36,37). The van der Waals surface area contributed by atoms with Gasteiger partial charge >= 0.3 is 17.6 Å². The van der Waals surface area contributed by atoms with E-state index in [1.54, 1.807) is 67.6 Å². The maximum absolute atomic E-state index is 13.6. The van der Waals surface area contributed by atoms with Crippen LogP contribution < -0.4 is 10.4 Å². The minimum atomic E-state index is -1.69. The predicted molar refractivity (Wildman–Crippen MR) is 151 cm³/mol. The molecule has 0 fully saturated rings. The molecule has 3 aromatic carbocycles. The van der Waals surface area contributed by atoms with E-state index in [0.717, 1.165) is 0 Å². The van der Waals surface area contributed by atoms with Gasteiger partial charge in [-0.2, -0.15) is 4.98 Å². The van der Waals surface area contributed by atoms with Crippen LogP contribution in [0.1, 0.15) is 28.4 Å². The molecule has 10 heteroatoms. The molecule has 2 N–H and O–H groups in total. The summed E-state index contributed by atoms with van der Waals surface area (Å²) >= 11 is 0. The number of carboxylic acids is 1. The molecule has 0 unspecified atom stereocenters. The molecule has 4 aromatic rings. The summed E-state index contributed by atoms with van der Waals surface area (Å²) in [6, 6.07) is 21.9. The number of benzene rings is 3. The number of ketones is 1. The number of aliphatic hydroxyl groups excluding tert-OH is 1. The lowest BCUT2D eigenvalue weighted by Crippen LogP contribution is -2.29. The maximum Gasteiger partial charge on any atom is 0.376 e. The molecule has 0 atom stereocenters. The highest BCUT2D eigenvalue weighted by atomic mass is 16.5. The first-order chi connectivity index (χ1) is 19.7. The summed E-state index contributed by atoms with van der Waals surface area (Å²) in [4.78, 5) is 53.5. The van der Waals surface area contributed by atoms with E-state index >= 15 is 0 Å². The first-order valence-electron chi connectivity index (χ1n) is 12.5. The van der Waals surface area contributed by atoms with Crippen LogP contribution in [-0.2, 0) is 20.9 Å². The van der Waals surface area contributed by atoms with Crippen LogP contribution in [0.4, 0.5) is 0 Å². The van der Waals surface area contributed by atoms with E-state index in [0.29, 0.717) is 34.2 Å². The Morgan fingerprint density at radius 1 is 0.902 bits per heavy atom. The van der Waals surface area contributed by atoms with Gasteiger partial charge in [0, 0.05) is 17.2 Å². The van der Waals surface area contributed by atoms with Gasteiger partial charge in [-0.3, -0.25) is 9.36 Å². The van der Waals surface area contributed by atoms with Gasteiger partial charge in [0.05, 0.1) is 31.6 Å². The Hall–Kier alpha value is -5.51. The molecule has 208 valence electrons. The smallest absolute Gasteiger partial charge is 0.376 e. The Balaban J connectivity index is 1.88. The van der Waals surface area contributed by atoms with E-state index in [4.69, 9.17) is 14.6 Å². The Morgan fingerprint density at radius 3 is 2.15 bits per heavy atom. The zero-order valence-corrected chi connectivity index (χ0v) is 22.2. The highest BCUT2D eigenvalue weighted by Gasteiger charge is 2.26. The van der Waals surface area contributed by atoms with E-state index in [2.05, 4.69) is 4.98 Å². The Kier molecular flexibility index (Phi) is 8.73. The minimum absolute atomic E-state index is 0.00414. The zero-order chi connectivity index (χ0) is 29.5. The van der Waals surface area contributed by atoms with Crippen LogP contribution >= 0.6 is 0 Å². The number of aliphatic hydroxyl groups is 1. The molecule has 0 bridgehead atoms. The molecule has 0 saturated carbocycles. The number of ether oxygens (including phenoxy) is 2. The number of carbonyl (C=O) groups is 3. The molecule has 1 heterocycles. The van der Waals surface area contributed by atoms with Crippen molar-refractivity contribution in [2.24, 2.45) is 0 Å². The lowest BCUT2D eigenvalue weighted by molar-refractivity contribution is -0.146. The van der Waals surface area contributed by atoms with Gasteiger partial charge in [0.1, 0.15) is 17.1 Å². The van der Waals surface area contributed by atoms with Crippen molar-refractivity contribution in [2.45, 2.75) is 13.5 Å². The number of carboxylic acid groups (broad SMARTS) is 1. The first kappa shape index (κ1) is 28.5. The third-order valence-corrected chi connectivity index (χ3v) is 6.14. The van der Waals surface area contributed by atoms with Crippen molar-refractivity contribution in [2.75, 3.05) is 13.7 Å². The van der Waals surface area contributed by atoms with E-state index < -0.39 is 29.2 Å². The molecule has 41 heavy (non-hydrogen) atoms. The van der Waals surface area contributed by atoms with E-state index in [9.17, 15) is 24.3 Å². The van der Waals surface area contributed by atoms with Crippen molar-refractivity contribution in [3.63, 3.8) is 0 Å². The molecule has 0 radical (unpaired) electrons. The number of aliphatic carboxylic acids is 1. The van der Waals surface area contributed by atoms with Gasteiger partial charge in [-0.25, -0.2) is 14.4 Å². The normalized spacial score (nSPS) is 11.1. The summed E-state index contributed by atoms with van der Waals surface area (Å²) in [5.41, 5.74) is 1.92. The predicted octanol–water partition coefficient (Wildman–Crippen LogP) is 4.36. The zero-order valence-electron chi connectivity index (χ0n) is 22.2. The summed E-state index contributed by atoms with van der Waals surface area (Å²) in [6.07, 6.45) is 0.614. The third-order valence-electron chi connectivity index (χ3n) is 6.14. The van der Waals surface area contributed by atoms with Crippen molar-refractivity contribution in [1.82, 2.24) is 9.55 Å². The second kappa shape index (κ2) is 12.6. The third kappa shape index (κ3) is 6.39. The number of hydrogen-bond acceptors (Lipinski definition) is 8. The minimum Gasteiger partial charge on any atom is -0.507 e. The van der Waals surface area contributed by atoms with Crippen LogP contribution in [0.2, 0.25) is 0 Å². The molecule has 0 aliphatic carbocycles. The summed E-state index contributed by atoms with van der Waals surface area (Å²) < 4.78 is 12.0. The fraction of sp³-hybridized carbons (Fsp3) is 0.129.